The number of nitrogens with one attached hydrogen (secondary N) is 2. The van der Waals surface area contributed by atoms with E-state index in [4.69, 9.17) is 4.74 Å². The third-order valence-corrected chi connectivity index (χ3v) is 5.81. The molecule has 1 aromatic heterocycles. The summed E-state index contributed by atoms with van der Waals surface area (Å²) in [4.78, 5) is 13.7. The van der Waals surface area contributed by atoms with Crippen LogP contribution in [0.3, 0.4) is 0 Å². The second-order valence-corrected chi connectivity index (χ2v) is 7.66. The largest absolute Gasteiger partial charge is 0.464 e. The highest BCUT2D eigenvalue weighted by Crippen LogP contribution is 2.23. The van der Waals surface area contributed by atoms with Gasteiger partial charge in [0.1, 0.15) is 6.04 Å². The van der Waals surface area contributed by atoms with Crippen molar-refractivity contribution in [1.82, 2.24) is 4.72 Å². The van der Waals surface area contributed by atoms with Crippen molar-refractivity contribution in [2.45, 2.75) is 23.9 Å². The molecule has 0 radical (unpaired) electrons. The fraction of sp³-hybridized carbons (Fsp3) is 0.267. The van der Waals surface area contributed by atoms with E-state index in [2.05, 4.69) is 37.4 Å². The van der Waals surface area contributed by atoms with Gasteiger partial charge < -0.3 is 10.1 Å². The molecule has 1 fully saturated rings. The molecule has 1 atom stereocenters. The van der Waals surface area contributed by atoms with Gasteiger partial charge in [-0.05, 0) is 58.2 Å². The van der Waals surface area contributed by atoms with Gasteiger partial charge in [0, 0.05) is 38.3 Å². The first-order valence-corrected chi connectivity index (χ1v) is 9.35. The van der Waals surface area contributed by atoms with Gasteiger partial charge in [0.15, 0.2) is 0 Å². The molecule has 0 amide bonds. The number of rotatable bonds is 6. The molecule has 3 rings (SSSR count). The van der Waals surface area contributed by atoms with Gasteiger partial charge in [0.2, 0.25) is 0 Å². The number of ether oxygens (including phenoxy) is 1. The van der Waals surface area contributed by atoms with E-state index in [1.54, 1.807) is 11.3 Å². The number of halogens is 1. The van der Waals surface area contributed by atoms with Crippen LogP contribution in [0.15, 0.2) is 45.1 Å². The molecular weight excluding hydrogens is 384 g/mol. The lowest BCUT2D eigenvalue weighted by Crippen LogP contribution is -2.27. The summed E-state index contributed by atoms with van der Waals surface area (Å²) in [5, 5.41) is 5.47. The predicted molar refractivity (Wildman–Crippen MR) is 94.1 cm³/mol. The molecule has 4 nitrogen and oxygen atoms in total. The van der Waals surface area contributed by atoms with Crippen molar-refractivity contribution in [3.63, 3.8) is 0 Å². The maximum Gasteiger partial charge on any atom is 0.324 e. The average Bonchev–Trinajstić information content (AvgIpc) is 3.12. The maximum atomic E-state index is 11.4. The van der Waals surface area contributed by atoms with Gasteiger partial charge in [-0.1, -0.05) is 0 Å². The zero-order chi connectivity index (χ0) is 15.4. The highest BCUT2D eigenvalue weighted by Gasteiger charge is 2.25. The first-order valence-electron chi connectivity index (χ1n) is 6.86. The van der Waals surface area contributed by atoms with E-state index in [0.29, 0.717) is 6.61 Å². The summed E-state index contributed by atoms with van der Waals surface area (Å²) in [6.45, 7) is 1.33. The summed E-state index contributed by atoms with van der Waals surface area (Å²) in [6, 6.07) is 10.1. The Balaban J connectivity index is 1.48. The number of hydrogen-bond donors (Lipinski definition) is 2. The SMILES string of the molecule is O=C1OCCC1NSc1ccc(NCc2cc(Br)cs2)cc1. The lowest BCUT2D eigenvalue weighted by Gasteiger charge is -2.09. The van der Waals surface area contributed by atoms with Crippen molar-refractivity contribution in [2.24, 2.45) is 0 Å². The van der Waals surface area contributed by atoms with Crippen LogP contribution < -0.4 is 10.0 Å². The van der Waals surface area contributed by atoms with Crippen LogP contribution in [0.4, 0.5) is 5.69 Å². The summed E-state index contributed by atoms with van der Waals surface area (Å²) in [5.41, 5.74) is 1.08. The topological polar surface area (TPSA) is 50.4 Å². The number of carbonyl (C=O) groups excluding carboxylic acids is 1. The van der Waals surface area contributed by atoms with Crippen LogP contribution in [-0.2, 0) is 16.1 Å². The third-order valence-electron chi connectivity index (χ3n) is 3.20. The van der Waals surface area contributed by atoms with Gasteiger partial charge in [0.05, 0.1) is 6.61 Å². The molecule has 1 unspecified atom stereocenters. The Morgan fingerprint density at radius 3 is 2.82 bits per heavy atom. The van der Waals surface area contributed by atoms with Crippen molar-refractivity contribution in [2.75, 3.05) is 11.9 Å². The lowest BCUT2D eigenvalue weighted by molar-refractivity contribution is -0.139. The molecule has 116 valence electrons. The molecule has 0 bridgehead atoms. The number of anilines is 1. The van der Waals surface area contributed by atoms with Crippen molar-refractivity contribution >= 4 is 50.9 Å². The fourth-order valence-electron chi connectivity index (χ4n) is 2.02. The molecule has 2 aromatic rings. The molecule has 22 heavy (non-hydrogen) atoms. The summed E-state index contributed by atoms with van der Waals surface area (Å²) in [5.74, 6) is -0.159. The van der Waals surface area contributed by atoms with Gasteiger partial charge in [-0.15, -0.1) is 11.3 Å². The highest BCUT2D eigenvalue weighted by molar-refractivity contribution is 9.10. The standard InChI is InChI=1S/C15H15BrN2O2S2/c16-10-7-13(21-9-10)8-17-11-1-3-12(4-2-11)22-18-14-5-6-20-15(14)19/h1-4,7,9,14,17-18H,5-6,8H2. The summed E-state index contributed by atoms with van der Waals surface area (Å²) in [6.07, 6.45) is 0.738. The Morgan fingerprint density at radius 2 is 2.18 bits per heavy atom. The number of thiophene rings is 1. The summed E-state index contributed by atoms with van der Waals surface area (Å²) < 4.78 is 9.19. The molecule has 1 saturated heterocycles. The van der Waals surface area contributed by atoms with Crippen LogP contribution in [0.2, 0.25) is 0 Å². The minimum Gasteiger partial charge on any atom is -0.464 e. The molecule has 1 aromatic carbocycles. The van der Waals surface area contributed by atoms with Gasteiger partial charge >= 0.3 is 5.97 Å². The first-order chi connectivity index (χ1) is 10.7. The molecule has 0 aliphatic carbocycles. The van der Waals surface area contributed by atoms with Crippen LogP contribution in [0.25, 0.3) is 0 Å². The van der Waals surface area contributed by atoms with Crippen LogP contribution in [-0.4, -0.2) is 18.6 Å². The maximum absolute atomic E-state index is 11.4. The molecule has 1 aliphatic rings. The van der Waals surface area contributed by atoms with Crippen LogP contribution in [0.1, 0.15) is 11.3 Å². The Bertz CT molecular complexity index is 645. The van der Waals surface area contributed by atoms with E-state index in [0.717, 1.165) is 28.0 Å². The summed E-state index contributed by atoms with van der Waals surface area (Å²) in [7, 11) is 0. The van der Waals surface area contributed by atoms with Crippen LogP contribution in [0, 0.1) is 0 Å². The molecule has 2 heterocycles. The molecule has 7 heteroatoms. The van der Waals surface area contributed by atoms with E-state index in [1.807, 2.05) is 24.3 Å². The predicted octanol–water partition coefficient (Wildman–Crippen LogP) is 4.03. The number of cyclic esters (lactones) is 1. The first kappa shape index (κ1) is 15.9. The van der Waals surface area contributed by atoms with Crippen LogP contribution in [0.5, 0.6) is 0 Å². The molecule has 0 spiro atoms. The van der Waals surface area contributed by atoms with Crippen molar-refractivity contribution in [3.05, 3.63) is 45.1 Å². The van der Waals surface area contributed by atoms with E-state index < -0.39 is 0 Å². The Labute approximate surface area is 145 Å². The Kier molecular flexibility index (Phi) is 5.41. The zero-order valence-electron chi connectivity index (χ0n) is 11.7. The van der Waals surface area contributed by atoms with Crippen LogP contribution >= 0.6 is 39.2 Å². The van der Waals surface area contributed by atoms with Gasteiger partial charge in [-0.3, -0.25) is 4.79 Å². The number of carbonyl (C=O) groups is 1. The van der Waals surface area contributed by atoms with E-state index in [1.165, 1.54) is 16.8 Å². The quantitative estimate of drug-likeness (QED) is 0.567. The van der Waals surface area contributed by atoms with Gasteiger partial charge in [-0.2, -0.15) is 0 Å². The number of benzene rings is 1. The highest BCUT2D eigenvalue weighted by atomic mass is 79.9. The smallest absolute Gasteiger partial charge is 0.324 e. The Morgan fingerprint density at radius 1 is 1.36 bits per heavy atom. The van der Waals surface area contributed by atoms with E-state index in [-0.39, 0.29) is 12.0 Å². The number of esters is 1. The molecule has 2 N–H and O–H groups in total. The average molecular weight is 399 g/mol. The summed E-state index contributed by atoms with van der Waals surface area (Å²) >= 11 is 6.65. The second-order valence-electron chi connectivity index (χ2n) is 4.84. The normalized spacial score (nSPS) is 17.5. The number of hydrogen-bond acceptors (Lipinski definition) is 6. The monoisotopic (exact) mass is 398 g/mol. The van der Waals surface area contributed by atoms with Gasteiger partial charge in [0.25, 0.3) is 0 Å². The van der Waals surface area contributed by atoms with E-state index >= 15 is 0 Å². The fourth-order valence-corrected chi connectivity index (χ4v) is 4.17. The third kappa shape index (κ3) is 4.25. The van der Waals surface area contributed by atoms with Gasteiger partial charge in [-0.25, -0.2) is 4.72 Å². The molecule has 1 aliphatic heterocycles. The minimum absolute atomic E-state index is 0.159. The molecular formula is C15H15BrN2O2S2. The second kappa shape index (κ2) is 7.50. The lowest BCUT2D eigenvalue weighted by atomic mass is 10.3. The zero-order valence-corrected chi connectivity index (χ0v) is 14.9. The Hall–Kier alpha value is -1.02. The van der Waals surface area contributed by atoms with Crippen molar-refractivity contribution < 1.29 is 9.53 Å². The van der Waals surface area contributed by atoms with E-state index in [9.17, 15) is 4.79 Å². The minimum atomic E-state index is -0.194. The molecule has 0 saturated carbocycles. The van der Waals surface area contributed by atoms with Crippen molar-refractivity contribution in [1.29, 1.82) is 0 Å². The van der Waals surface area contributed by atoms with Crippen molar-refractivity contribution in [3.8, 4) is 0 Å².